The Kier molecular flexibility index (Phi) is 3.04. The van der Waals surface area contributed by atoms with E-state index in [1.54, 1.807) is 6.33 Å². The Hall–Kier alpha value is -1.32. The molecule has 0 aliphatic heterocycles. The summed E-state index contributed by atoms with van der Waals surface area (Å²) in [6.07, 6.45) is 5.41. The Labute approximate surface area is 90.5 Å². The Morgan fingerprint density at radius 1 is 1.27 bits per heavy atom. The van der Waals surface area contributed by atoms with Gasteiger partial charge in [-0.05, 0) is 25.2 Å². The molecule has 1 aromatic rings. The van der Waals surface area contributed by atoms with Gasteiger partial charge in [0, 0.05) is 19.2 Å². The average molecular weight is 206 g/mol. The largest absolute Gasteiger partial charge is 0.373 e. The van der Waals surface area contributed by atoms with Gasteiger partial charge < -0.3 is 10.6 Å². The molecule has 0 bridgehead atoms. The number of nitrogens with one attached hydrogen (secondary N) is 2. The first-order valence-corrected chi connectivity index (χ1v) is 5.54. The highest BCUT2D eigenvalue weighted by atomic mass is 15.1. The van der Waals surface area contributed by atoms with Crippen molar-refractivity contribution in [3.63, 3.8) is 0 Å². The second-order valence-corrected chi connectivity index (χ2v) is 4.30. The zero-order valence-electron chi connectivity index (χ0n) is 9.33. The summed E-state index contributed by atoms with van der Waals surface area (Å²) in [5.41, 5.74) is 0. The molecule has 4 nitrogen and oxygen atoms in total. The van der Waals surface area contributed by atoms with Crippen molar-refractivity contribution < 1.29 is 0 Å². The number of hydrogen-bond acceptors (Lipinski definition) is 4. The molecule has 1 fully saturated rings. The van der Waals surface area contributed by atoms with E-state index in [2.05, 4.69) is 27.5 Å². The number of hydrogen-bond donors (Lipinski definition) is 2. The molecule has 2 atom stereocenters. The molecule has 2 rings (SSSR count). The van der Waals surface area contributed by atoms with Gasteiger partial charge in [0.05, 0.1) is 0 Å². The van der Waals surface area contributed by atoms with Crippen LogP contribution in [0.1, 0.15) is 26.2 Å². The summed E-state index contributed by atoms with van der Waals surface area (Å²) in [6, 6.07) is 2.53. The predicted molar refractivity (Wildman–Crippen MR) is 62.0 cm³/mol. The quantitative estimate of drug-likeness (QED) is 0.795. The molecule has 1 aliphatic carbocycles. The number of nitrogens with zero attached hydrogens (tertiary/aromatic N) is 2. The van der Waals surface area contributed by atoms with Crippen LogP contribution in [-0.4, -0.2) is 23.1 Å². The van der Waals surface area contributed by atoms with Crippen molar-refractivity contribution in [2.75, 3.05) is 17.7 Å². The standard InChI is InChI=1S/C11H18N4/c1-8-3-4-9(5-8)15-11-6-10(12-2)13-7-14-11/h6-9H,3-5H2,1-2H3,(H2,12,13,14,15). The smallest absolute Gasteiger partial charge is 0.131 e. The van der Waals surface area contributed by atoms with Crippen molar-refractivity contribution in [2.24, 2.45) is 5.92 Å². The van der Waals surface area contributed by atoms with Crippen LogP contribution in [0.4, 0.5) is 11.6 Å². The molecule has 0 amide bonds. The van der Waals surface area contributed by atoms with Crippen LogP contribution in [0, 0.1) is 5.92 Å². The Morgan fingerprint density at radius 2 is 2.07 bits per heavy atom. The highest BCUT2D eigenvalue weighted by Crippen LogP contribution is 2.27. The van der Waals surface area contributed by atoms with Crippen molar-refractivity contribution >= 4 is 11.6 Å². The third-order valence-electron chi connectivity index (χ3n) is 2.97. The molecule has 2 N–H and O–H groups in total. The summed E-state index contributed by atoms with van der Waals surface area (Å²) >= 11 is 0. The monoisotopic (exact) mass is 206 g/mol. The second kappa shape index (κ2) is 4.47. The lowest BCUT2D eigenvalue weighted by Gasteiger charge is -2.13. The number of aromatic nitrogens is 2. The first-order valence-electron chi connectivity index (χ1n) is 5.54. The Balaban J connectivity index is 1.98. The topological polar surface area (TPSA) is 49.8 Å². The summed E-state index contributed by atoms with van der Waals surface area (Å²) in [6.45, 7) is 2.31. The number of anilines is 2. The van der Waals surface area contributed by atoms with Crippen LogP contribution in [0.15, 0.2) is 12.4 Å². The molecule has 4 heteroatoms. The van der Waals surface area contributed by atoms with Crippen molar-refractivity contribution in [2.45, 2.75) is 32.2 Å². The lowest BCUT2D eigenvalue weighted by atomic mass is 10.1. The zero-order chi connectivity index (χ0) is 10.7. The van der Waals surface area contributed by atoms with Gasteiger partial charge in [-0.2, -0.15) is 0 Å². The summed E-state index contributed by atoms with van der Waals surface area (Å²) < 4.78 is 0. The minimum atomic E-state index is 0.583. The van der Waals surface area contributed by atoms with Gasteiger partial charge in [0.2, 0.25) is 0 Å². The van der Waals surface area contributed by atoms with Crippen LogP contribution < -0.4 is 10.6 Å². The van der Waals surface area contributed by atoms with Gasteiger partial charge >= 0.3 is 0 Å². The maximum absolute atomic E-state index is 4.21. The lowest BCUT2D eigenvalue weighted by Crippen LogP contribution is -2.16. The molecule has 15 heavy (non-hydrogen) atoms. The molecule has 0 spiro atoms. The molecule has 1 aromatic heterocycles. The average Bonchev–Trinajstić information content (AvgIpc) is 2.64. The van der Waals surface area contributed by atoms with Gasteiger partial charge in [-0.1, -0.05) is 6.92 Å². The maximum atomic E-state index is 4.21. The fourth-order valence-electron chi connectivity index (χ4n) is 2.12. The Bertz CT molecular complexity index is 326. The van der Waals surface area contributed by atoms with Crippen molar-refractivity contribution in [3.05, 3.63) is 12.4 Å². The van der Waals surface area contributed by atoms with E-state index < -0.39 is 0 Å². The van der Waals surface area contributed by atoms with Gasteiger partial charge in [-0.15, -0.1) is 0 Å². The molecule has 1 aliphatic rings. The van der Waals surface area contributed by atoms with Crippen molar-refractivity contribution in [1.82, 2.24) is 9.97 Å². The normalized spacial score (nSPS) is 25.2. The van der Waals surface area contributed by atoms with Gasteiger partial charge in [-0.25, -0.2) is 9.97 Å². The Morgan fingerprint density at radius 3 is 2.73 bits per heavy atom. The summed E-state index contributed by atoms with van der Waals surface area (Å²) in [7, 11) is 1.86. The maximum Gasteiger partial charge on any atom is 0.131 e. The SMILES string of the molecule is CNc1cc(NC2CCC(C)C2)ncn1. The predicted octanol–water partition coefficient (Wildman–Crippen LogP) is 2.12. The highest BCUT2D eigenvalue weighted by molar-refractivity contribution is 5.46. The van der Waals surface area contributed by atoms with Crippen molar-refractivity contribution in [1.29, 1.82) is 0 Å². The molecule has 1 saturated carbocycles. The molecule has 1 heterocycles. The van der Waals surface area contributed by atoms with Crippen LogP contribution in [-0.2, 0) is 0 Å². The van der Waals surface area contributed by atoms with E-state index in [4.69, 9.17) is 0 Å². The molecular formula is C11H18N4. The third-order valence-corrected chi connectivity index (χ3v) is 2.97. The lowest BCUT2D eigenvalue weighted by molar-refractivity contribution is 0.602. The van der Waals surface area contributed by atoms with E-state index in [1.165, 1.54) is 19.3 Å². The highest BCUT2D eigenvalue weighted by Gasteiger charge is 2.21. The van der Waals surface area contributed by atoms with Crippen LogP contribution >= 0.6 is 0 Å². The molecule has 2 unspecified atom stereocenters. The van der Waals surface area contributed by atoms with Crippen LogP contribution in [0.3, 0.4) is 0 Å². The van der Waals surface area contributed by atoms with Gasteiger partial charge in [0.1, 0.15) is 18.0 Å². The van der Waals surface area contributed by atoms with Crippen LogP contribution in [0.25, 0.3) is 0 Å². The van der Waals surface area contributed by atoms with Crippen molar-refractivity contribution in [3.8, 4) is 0 Å². The summed E-state index contributed by atoms with van der Waals surface area (Å²) in [5, 5.41) is 6.46. The fourth-order valence-corrected chi connectivity index (χ4v) is 2.12. The molecule has 0 radical (unpaired) electrons. The molecule has 82 valence electrons. The second-order valence-electron chi connectivity index (χ2n) is 4.30. The fraction of sp³-hybridized carbons (Fsp3) is 0.636. The van der Waals surface area contributed by atoms with Gasteiger partial charge in [0.25, 0.3) is 0 Å². The minimum Gasteiger partial charge on any atom is -0.373 e. The van der Waals surface area contributed by atoms with E-state index in [0.717, 1.165) is 17.6 Å². The minimum absolute atomic E-state index is 0.583. The van der Waals surface area contributed by atoms with E-state index in [9.17, 15) is 0 Å². The van der Waals surface area contributed by atoms with Crippen LogP contribution in [0.5, 0.6) is 0 Å². The van der Waals surface area contributed by atoms with Crippen LogP contribution in [0.2, 0.25) is 0 Å². The molecule has 0 aromatic carbocycles. The zero-order valence-corrected chi connectivity index (χ0v) is 9.33. The third kappa shape index (κ3) is 2.58. The summed E-state index contributed by atoms with van der Waals surface area (Å²) in [4.78, 5) is 8.30. The van der Waals surface area contributed by atoms with E-state index >= 15 is 0 Å². The molecular weight excluding hydrogens is 188 g/mol. The number of rotatable bonds is 3. The van der Waals surface area contributed by atoms with Gasteiger partial charge in [0.15, 0.2) is 0 Å². The van der Waals surface area contributed by atoms with E-state index in [1.807, 2.05) is 13.1 Å². The van der Waals surface area contributed by atoms with Gasteiger partial charge in [-0.3, -0.25) is 0 Å². The van der Waals surface area contributed by atoms with E-state index in [-0.39, 0.29) is 0 Å². The van der Waals surface area contributed by atoms with E-state index in [0.29, 0.717) is 6.04 Å². The first-order chi connectivity index (χ1) is 7.28. The molecule has 0 saturated heterocycles. The summed E-state index contributed by atoms with van der Waals surface area (Å²) in [5.74, 6) is 2.63. The first kappa shape index (κ1) is 10.2.